The summed E-state index contributed by atoms with van der Waals surface area (Å²) in [7, 11) is 0. The number of hydrogen-bond acceptors (Lipinski definition) is 2. The molecule has 94 valence electrons. The SMILES string of the molecule is Cc1ccc(OC2CCCCCC2)c(CBr)n1. The van der Waals surface area contributed by atoms with Gasteiger partial charge in [0.05, 0.1) is 11.8 Å². The fourth-order valence-corrected chi connectivity index (χ4v) is 2.74. The summed E-state index contributed by atoms with van der Waals surface area (Å²) in [6.45, 7) is 2.02. The zero-order valence-electron chi connectivity index (χ0n) is 10.4. The minimum Gasteiger partial charge on any atom is -0.488 e. The molecule has 1 fully saturated rings. The van der Waals surface area contributed by atoms with Gasteiger partial charge in [0.15, 0.2) is 0 Å². The number of rotatable bonds is 3. The Morgan fingerprint density at radius 3 is 2.59 bits per heavy atom. The van der Waals surface area contributed by atoms with E-state index in [0.717, 1.165) is 22.5 Å². The van der Waals surface area contributed by atoms with Crippen LogP contribution in [0.1, 0.15) is 49.9 Å². The second-order valence-electron chi connectivity index (χ2n) is 4.76. The van der Waals surface area contributed by atoms with Crippen LogP contribution in [0.2, 0.25) is 0 Å². The quantitative estimate of drug-likeness (QED) is 0.610. The zero-order valence-corrected chi connectivity index (χ0v) is 12.0. The molecule has 1 saturated carbocycles. The Morgan fingerprint density at radius 1 is 1.24 bits per heavy atom. The van der Waals surface area contributed by atoms with Gasteiger partial charge in [-0.25, -0.2) is 0 Å². The Morgan fingerprint density at radius 2 is 1.94 bits per heavy atom. The van der Waals surface area contributed by atoms with E-state index >= 15 is 0 Å². The van der Waals surface area contributed by atoms with Gasteiger partial charge in [-0.2, -0.15) is 0 Å². The standard InChI is InChI=1S/C14H20BrNO/c1-11-8-9-14(13(10-15)16-11)17-12-6-4-2-3-5-7-12/h8-9,12H,2-7,10H2,1H3. The van der Waals surface area contributed by atoms with Crippen LogP contribution in [0.5, 0.6) is 5.75 Å². The first-order chi connectivity index (χ1) is 8.29. The minimum absolute atomic E-state index is 0.389. The average molecular weight is 298 g/mol. The molecule has 0 saturated heterocycles. The van der Waals surface area contributed by atoms with Crippen LogP contribution in [-0.2, 0) is 5.33 Å². The van der Waals surface area contributed by atoms with Crippen LogP contribution < -0.4 is 4.74 Å². The molecule has 0 aromatic carbocycles. The Hall–Kier alpha value is -0.570. The lowest BCUT2D eigenvalue weighted by Crippen LogP contribution is -2.16. The third-order valence-electron chi connectivity index (χ3n) is 3.29. The van der Waals surface area contributed by atoms with Crippen molar-refractivity contribution in [2.24, 2.45) is 0 Å². The molecule has 17 heavy (non-hydrogen) atoms. The van der Waals surface area contributed by atoms with Gasteiger partial charge >= 0.3 is 0 Å². The highest BCUT2D eigenvalue weighted by Gasteiger charge is 2.15. The molecule has 0 bridgehead atoms. The van der Waals surface area contributed by atoms with E-state index in [1.165, 1.54) is 38.5 Å². The lowest BCUT2D eigenvalue weighted by atomic mass is 10.1. The minimum atomic E-state index is 0.389. The summed E-state index contributed by atoms with van der Waals surface area (Å²) in [5.74, 6) is 0.958. The molecule has 0 amide bonds. The molecule has 0 unspecified atom stereocenters. The van der Waals surface area contributed by atoms with Gasteiger partial charge < -0.3 is 4.74 Å². The van der Waals surface area contributed by atoms with Gasteiger partial charge in [0.2, 0.25) is 0 Å². The average Bonchev–Trinajstić information content (AvgIpc) is 2.60. The number of nitrogens with zero attached hydrogens (tertiary/aromatic N) is 1. The van der Waals surface area contributed by atoms with Gasteiger partial charge in [-0.15, -0.1) is 0 Å². The van der Waals surface area contributed by atoms with Gasteiger partial charge in [-0.05, 0) is 44.7 Å². The number of pyridine rings is 1. The summed E-state index contributed by atoms with van der Waals surface area (Å²) >= 11 is 3.48. The molecular weight excluding hydrogens is 278 g/mol. The van der Waals surface area contributed by atoms with Crippen molar-refractivity contribution in [3.63, 3.8) is 0 Å². The van der Waals surface area contributed by atoms with Gasteiger partial charge in [0, 0.05) is 11.0 Å². The van der Waals surface area contributed by atoms with Crippen molar-refractivity contribution < 1.29 is 4.74 Å². The molecule has 0 atom stereocenters. The van der Waals surface area contributed by atoms with Gasteiger partial charge in [-0.3, -0.25) is 4.98 Å². The Balaban J connectivity index is 2.06. The molecule has 1 aromatic heterocycles. The molecule has 2 rings (SSSR count). The van der Waals surface area contributed by atoms with Gasteiger partial charge in [-0.1, -0.05) is 28.8 Å². The number of hydrogen-bond donors (Lipinski definition) is 0. The molecule has 1 heterocycles. The number of alkyl halides is 1. The Labute approximate surface area is 112 Å². The molecule has 0 radical (unpaired) electrons. The van der Waals surface area contributed by atoms with E-state index in [2.05, 4.69) is 27.0 Å². The van der Waals surface area contributed by atoms with Crippen molar-refractivity contribution in [3.8, 4) is 5.75 Å². The van der Waals surface area contributed by atoms with Crippen molar-refractivity contribution in [1.82, 2.24) is 4.98 Å². The highest BCUT2D eigenvalue weighted by Crippen LogP contribution is 2.26. The lowest BCUT2D eigenvalue weighted by Gasteiger charge is -2.18. The van der Waals surface area contributed by atoms with E-state index in [1.54, 1.807) is 0 Å². The Bertz CT molecular complexity index is 359. The van der Waals surface area contributed by atoms with Crippen LogP contribution in [0.25, 0.3) is 0 Å². The summed E-state index contributed by atoms with van der Waals surface area (Å²) < 4.78 is 6.12. The maximum absolute atomic E-state index is 6.12. The topological polar surface area (TPSA) is 22.1 Å². The van der Waals surface area contributed by atoms with E-state index in [9.17, 15) is 0 Å². The molecule has 1 aromatic rings. The number of ether oxygens (including phenoxy) is 1. The van der Waals surface area contributed by atoms with Crippen LogP contribution in [0.4, 0.5) is 0 Å². The lowest BCUT2D eigenvalue weighted by molar-refractivity contribution is 0.181. The number of aromatic nitrogens is 1. The highest BCUT2D eigenvalue weighted by molar-refractivity contribution is 9.08. The Kier molecular flexibility index (Phi) is 4.84. The highest BCUT2D eigenvalue weighted by atomic mass is 79.9. The van der Waals surface area contributed by atoms with Crippen LogP contribution in [0, 0.1) is 6.92 Å². The molecule has 3 heteroatoms. The van der Waals surface area contributed by atoms with Crippen molar-refractivity contribution in [2.45, 2.75) is 56.9 Å². The van der Waals surface area contributed by atoms with Crippen LogP contribution in [0.3, 0.4) is 0 Å². The summed E-state index contributed by atoms with van der Waals surface area (Å²) in [6, 6.07) is 4.09. The normalized spacial score (nSPS) is 17.8. The predicted octanol–water partition coefficient (Wildman–Crippen LogP) is 4.39. The van der Waals surface area contributed by atoms with Crippen molar-refractivity contribution in [3.05, 3.63) is 23.5 Å². The second kappa shape index (κ2) is 6.39. The first kappa shape index (κ1) is 12.9. The number of halogens is 1. The summed E-state index contributed by atoms with van der Waals surface area (Å²) in [4.78, 5) is 4.51. The molecule has 2 nitrogen and oxygen atoms in total. The predicted molar refractivity (Wildman–Crippen MR) is 73.7 cm³/mol. The first-order valence-corrected chi connectivity index (χ1v) is 7.61. The van der Waals surface area contributed by atoms with Crippen molar-refractivity contribution >= 4 is 15.9 Å². The molecular formula is C14H20BrNO. The maximum atomic E-state index is 6.12. The summed E-state index contributed by atoms with van der Waals surface area (Å²) in [5.41, 5.74) is 2.07. The molecule has 1 aliphatic rings. The zero-order chi connectivity index (χ0) is 12.1. The van der Waals surface area contributed by atoms with Crippen LogP contribution in [-0.4, -0.2) is 11.1 Å². The third kappa shape index (κ3) is 3.70. The third-order valence-corrected chi connectivity index (χ3v) is 3.83. The van der Waals surface area contributed by atoms with Gasteiger partial charge in [0.1, 0.15) is 5.75 Å². The van der Waals surface area contributed by atoms with Crippen LogP contribution >= 0.6 is 15.9 Å². The first-order valence-electron chi connectivity index (χ1n) is 6.49. The maximum Gasteiger partial charge on any atom is 0.142 e. The molecule has 0 N–H and O–H groups in total. The molecule has 0 aliphatic heterocycles. The largest absolute Gasteiger partial charge is 0.488 e. The molecule has 1 aliphatic carbocycles. The van der Waals surface area contributed by atoms with E-state index < -0.39 is 0 Å². The second-order valence-corrected chi connectivity index (χ2v) is 5.32. The fourth-order valence-electron chi connectivity index (χ4n) is 2.34. The fraction of sp³-hybridized carbons (Fsp3) is 0.643. The van der Waals surface area contributed by atoms with E-state index in [-0.39, 0.29) is 0 Å². The van der Waals surface area contributed by atoms with Gasteiger partial charge in [0.25, 0.3) is 0 Å². The smallest absolute Gasteiger partial charge is 0.142 e. The van der Waals surface area contributed by atoms with E-state index in [1.807, 2.05) is 13.0 Å². The van der Waals surface area contributed by atoms with E-state index in [4.69, 9.17) is 4.74 Å². The summed E-state index contributed by atoms with van der Waals surface area (Å²) in [6.07, 6.45) is 8.08. The molecule has 0 spiro atoms. The van der Waals surface area contributed by atoms with Crippen molar-refractivity contribution in [2.75, 3.05) is 0 Å². The van der Waals surface area contributed by atoms with Crippen molar-refractivity contribution in [1.29, 1.82) is 0 Å². The summed E-state index contributed by atoms with van der Waals surface area (Å²) in [5, 5.41) is 0.761. The monoisotopic (exact) mass is 297 g/mol. The number of aryl methyl sites for hydroxylation is 1. The van der Waals surface area contributed by atoms with Crippen LogP contribution in [0.15, 0.2) is 12.1 Å². The van der Waals surface area contributed by atoms with E-state index in [0.29, 0.717) is 6.10 Å².